The molecule has 1 amide bonds. The van der Waals surface area contributed by atoms with Gasteiger partial charge in [0, 0.05) is 46.3 Å². The van der Waals surface area contributed by atoms with Gasteiger partial charge in [0.1, 0.15) is 0 Å². The maximum atomic E-state index is 12.4. The number of hydrogen-bond donors (Lipinski definition) is 0. The zero-order chi connectivity index (χ0) is 17.7. The standard InChI is InChI=1S/C19H22ClNO2S/c1-4-21(12-15-7-5-6-8-17(15)20)19(23)10-9-18(22)16-11-13(2)24-14(16)3/h5-8,11H,4,9-10,12H2,1-3H3. The molecule has 0 atom stereocenters. The van der Waals surface area contributed by atoms with Gasteiger partial charge in [-0.25, -0.2) is 0 Å². The Morgan fingerprint density at radius 2 is 1.88 bits per heavy atom. The number of aryl methyl sites for hydroxylation is 2. The maximum Gasteiger partial charge on any atom is 0.223 e. The van der Waals surface area contributed by atoms with Gasteiger partial charge in [-0.1, -0.05) is 29.8 Å². The number of benzene rings is 1. The van der Waals surface area contributed by atoms with Crippen molar-refractivity contribution in [2.75, 3.05) is 6.54 Å². The number of carbonyl (C=O) groups is 2. The van der Waals surface area contributed by atoms with Gasteiger partial charge in [0.15, 0.2) is 5.78 Å². The van der Waals surface area contributed by atoms with Crippen molar-refractivity contribution in [3.8, 4) is 0 Å². The first kappa shape index (κ1) is 18.7. The summed E-state index contributed by atoms with van der Waals surface area (Å²) in [5.74, 6) is 0.0226. The van der Waals surface area contributed by atoms with Crippen molar-refractivity contribution in [1.29, 1.82) is 0 Å². The second-order valence-electron chi connectivity index (χ2n) is 5.75. The highest BCUT2D eigenvalue weighted by atomic mass is 35.5. The molecule has 0 aliphatic heterocycles. The molecule has 0 spiro atoms. The number of hydrogen-bond acceptors (Lipinski definition) is 3. The van der Waals surface area contributed by atoms with Gasteiger partial charge in [0.25, 0.3) is 0 Å². The third-order valence-corrected chi connectivity index (χ3v) is 5.30. The second kappa shape index (κ2) is 8.45. The van der Waals surface area contributed by atoms with E-state index in [4.69, 9.17) is 11.6 Å². The Morgan fingerprint density at radius 1 is 1.17 bits per heavy atom. The number of amides is 1. The van der Waals surface area contributed by atoms with E-state index >= 15 is 0 Å². The summed E-state index contributed by atoms with van der Waals surface area (Å²) < 4.78 is 0. The number of thiophene rings is 1. The number of halogens is 1. The predicted octanol–water partition coefficient (Wildman–Crippen LogP) is 5.03. The number of ketones is 1. The van der Waals surface area contributed by atoms with Crippen LogP contribution in [0.1, 0.15) is 45.4 Å². The summed E-state index contributed by atoms with van der Waals surface area (Å²) in [7, 11) is 0. The van der Waals surface area contributed by atoms with Crippen molar-refractivity contribution in [2.45, 2.75) is 40.2 Å². The lowest BCUT2D eigenvalue weighted by Gasteiger charge is -2.21. The van der Waals surface area contributed by atoms with Crippen molar-refractivity contribution >= 4 is 34.6 Å². The van der Waals surface area contributed by atoms with Crippen LogP contribution in [0.3, 0.4) is 0 Å². The summed E-state index contributed by atoms with van der Waals surface area (Å²) >= 11 is 7.78. The Balaban J connectivity index is 1.96. The molecule has 5 heteroatoms. The predicted molar refractivity (Wildman–Crippen MR) is 99.9 cm³/mol. The average Bonchev–Trinajstić information content (AvgIpc) is 2.90. The Hall–Kier alpha value is -1.65. The highest BCUT2D eigenvalue weighted by Gasteiger charge is 2.17. The molecule has 2 rings (SSSR count). The topological polar surface area (TPSA) is 37.4 Å². The molecule has 1 aromatic heterocycles. The highest BCUT2D eigenvalue weighted by molar-refractivity contribution is 7.12. The van der Waals surface area contributed by atoms with Gasteiger partial charge in [-0.2, -0.15) is 0 Å². The van der Waals surface area contributed by atoms with Gasteiger partial charge in [0.05, 0.1) is 0 Å². The van der Waals surface area contributed by atoms with E-state index in [2.05, 4.69) is 0 Å². The minimum atomic E-state index is -0.0182. The minimum Gasteiger partial charge on any atom is -0.339 e. The van der Waals surface area contributed by atoms with E-state index in [1.807, 2.05) is 51.1 Å². The quantitative estimate of drug-likeness (QED) is 0.647. The van der Waals surface area contributed by atoms with E-state index in [0.29, 0.717) is 18.1 Å². The Labute approximate surface area is 152 Å². The second-order valence-corrected chi connectivity index (χ2v) is 7.62. The van der Waals surface area contributed by atoms with E-state index in [1.54, 1.807) is 16.2 Å². The summed E-state index contributed by atoms with van der Waals surface area (Å²) in [6.45, 7) is 6.93. The summed E-state index contributed by atoms with van der Waals surface area (Å²) in [5, 5.41) is 0.657. The van der Waals surface area contributed by atoms with Crippen LogP contribution < -0.4 is 0 Å². The average molecular weight is 364 g/mol. The molecule has 0 radical (unpaired) electrons. The van der Waals surface area contributed by atoms with Gasteiger partial charge in [-0.05, 0) is 38.5 Å². The zero-order valence-electron chi connectivity index (χ0n) is 14.3. The van der Waals surface area contributed by atoms with Crippen LogP contribution in [0.4, 0.5) is 0 Å². The van der Waals surface area contributed by atoms with Gasteiger partial charge >= 0.3 is 0 Å². The Kier molecular flexibility index (Phi) is 6.58. The molecule has 0 N–H and O–H groups in total. The molecule has 24 heavy (non-hydrogen) atoms. The summed E-state index contributed by atoms with van der Waals surface area (Å²) in [4.78, 5) is 28.6. The molecule has 0 bridgehead atoms. The van der Waals surface area contributed by atoms with E-state index in [9.17, 15) is 9.59 Å². The fourth-order valence-corrected chi connectivity index (χ4v) is 3.77. The molecular weight excluding hydrogens is 342 g/mol. The molecule has 1 heterocycles. The van der Waals surface area contributed by atoms with Crippen molar-refractivity contribution in [3.63, 3.8) is 0 Å². The molecule has 0 unspecified atom stereocenters. The number of nitrogens with zero attached hydrogens (tertiary/aromatic N) is 1. The molecule has 0 saturated carbocycles. The van der Waals surface area contributed by atoms with Gasteiger partial charge in [0.2, 0.25) is 5.91 Å². The van der Waals surface area contributed by atoms with Gasteiger partial charge in [-0.3, -0.25) is 9.59 Å². The van der Waals surface area contributed by atoms with Crippen LogP contribution in [0.25, 0.3) is 0 Å². The van der Waals surface area contributed by atoms with E-state index < -0.39 is 0 Å². The molecular formula is C19H22ClNO2S. The van der Waals surface area contributed by atoms with E-state index in [0.717, 1.165) is 20.9 Å². The SMILES string of the molecule is CCN(Cc1ccccc1Cl)C(=O)CCC(=O)c1cc(C)sc1C. The van der Waals surface area contributed by atoms with Crippen LogP contribution in [-0.2, 0) is 11.3 Å². The molecule has 0 fully saturated rings. The fourth-order valence-electron chi connectivity index (χ4n) is 2.63. The lowest BCUT2D eigenvalue weighted by atomic mass is 10.1. The lowest BCUT2D eigenvalue weighted by molar-refractivity contribution is -0.131. The van der Waals surface area contributed by atoms with Crippen molar-refractivity contribution in [3.05, 3.63) is 56.2 Å². The van der Waals surface area contributed by atoms with E-state index in [-0.39, 0.29) is 24.5 Å². The minimum absolute atomic E-state index is 0.0182. The first-order valence-corrected chi connectivity index (χ1v) is 9.23. The third kappa shape index (κ3) is 4.68. The lowest BCUT2D eigenvalue weighted by Crippen LogP contribution is -2.30. The highest BCUT2D eigenvalue weighted by Crippen LogP contribution is 2.23. The molecule has 0 saturated heterocycles. The van der Waals surface area contributed by atoms with Crippen molar-refractivity contribution in [1.82, 2.24) is 4.90 Å². The summed E-state index contributed by atoms with van der Waals surface area (Å²) in [6, 6.07) is 9.42. The van der Waals surface area contributed by atoms with Crippen LogP contribution >= 0.6 is 22.9 Å². The number of Topliss-reactive ketones (excluding diaryl/α,β-unsaturated/α-hetero) is 1. The first-order valence-electron chi connectivity index (χ1n) is 8.03. The Morgan fingerprint density at radius 3 is 2.46 bits per heavy atom. The van der Waals surface area contributed by atoms with Crippen molar-refractivity contribution < 1.29 is 9.59 Å². The monoisotopic (exact) mass is 363 g/mol. The maximum absolute atomic E-state index is 12.4. The molecule has 2 aromatic rings. The smallest absolute Gasteiger partial charge is 0.223 e. The third-order valence-electron chi connectivity index (χ3n) is 3.96. The fraction of sp³-hybridized carbons (Fsp3) is 0.368. The summed E-state index contributed by atoms with van der Waals surface area (Å²) in [5.41, 5.74) is 1.67. The number of carbonyl (C=O) groups excluding carboxylic acids is 2. The van der Waals surface area contributed by atoms with Crippen LogP contribution in [0, 0.1) is 13.8 Å². The normalized spacial score (nSPS) is 10.7. The van der Waals surface area contributed by atoms with Crippen LogP contribution in [0.2, 0.25) is 5.02 Å². The molecule has 0 aliphatic rings. The van der Waals surface area contributed by atoms with Gasteiger partial charge < -0.3 is 4.90 Å². The largest absolute Gasteiger partial charge is 0.339 e. The first-order chi connectivity index (χ1) is 11.4. The Bertz CT molecular complexity index is 739. The van der Waals surface area contributed by atoms with Crippen LogP contribution in [0.5, 0.6) is 0 Å². The van der Waals surface area contributed by atoms with Crippen LogP contribution in [0.15, 0.2) is 30.3 Å². The van der Waals surface area contributed by atoms with Crippen LogP contribution in [-0.4, -0.2) is 23.1 Å². The van der Waals surface area contributed by atoms with E-state index in [1.165, 1.54) is 0 Å². The van der Waals surface area contributed by atoms with Gasteiger partial charge in [-0.15, -0.1) is 11.3 Å². The number of rotatable bonds is 7. The molecule has 3 nitrogen and oxygen atoms in total. The molecule has 128 valence electrons. The molecule has 0 aliphatic carbocycles. The van der Waals surface area contributed by atoms with Crippen molar-refractivity contribution in [2.24, 2.45) is 0 Å². The zero-order valence-corrected chi connectivity index (χ0v) is 15.8. The summed E-state index contributed by atoms with van der Waals surface area (Å²) in [6.07, 6.45) is 0.473. The molecule has 1 aromatic carbocycles.